The lowest BCUT2D eigenvalue weighted by Crippen LogP contribution is -2.32. The summed E-state index contributed by atoms with van der Waals surface area (Å²) in [6, 6.07) is 4.05. The normalized spacial score (nSPS) is 14.4. The number of carbonyl (C=O) groups is 2. The van der Waals surface area contributed by atoms with E-state index in [2.05, 4.69) is 5.32 Å². The second-order valence-corrected chi connectivity index (χ2v) is 5.05. The molecule has 0 bridgehead atoms. The molecule has 0 saturated carbocycles. The lowest BCUT2D eigenvalue weighted by atomic mass is 10.1. The summed E-state index contributed by atoms with van der Waals surface area (Å²) in [5.41, 5.74) is 1.04. The van der Waals surface area contributed by atoms with E-state index in [1.165, 1.54) is 18.2 Å². The van der Waals surface area contributed by atoms with Crippen LogP contribution in [-0.2, 0) is 4.79 Å². The number of nitrogens with one attached hydrogen (secondary N) is 1. The van der Waals surface area contributed by atoms with Crippen molar-refractivity contribution < 1.29 is 14.0 Å². The van der Waals surface area contributed by atoms with Crippen molar-refractivity contribution in [3.63, 3.8) is 0 Å². The van der Waals surface area contributed by atoms with Gasteiger partial charge < -0.3 is 10.2 Å². The number of hydrogen-bond acceptors (Lipinski definition) is 2. The summed E-state index contributed by atoms with van der Waals surface area (Å²) in [6.45, 7) is 3.64. The molecule has 1 aromatic carbocycles. The summed E-state index contributed by atoms with van der Waals surface area (Å²) in [7, 11) is 0. The molecule has 5 heteroatoms. The molecule has 0 aliphatic carbocycles. The summed E-state index contributed by atoms with van der Waals surface area (Å²) in [6.07, 6.45) is 2.44. The second kappa shape index (κ2) is 6.50. The van der Waals surface area contributed by atoms with E-state index >= 15 is 0 Å². The van der Waals surface area contributed by atoms with Crippen molar-refractivity contribution in [1.29, 1.82) is 0 Å². The largest absolute Gasteiger partial charge is 0.352 e. The summed E-state index contributed by atoms with van der Waals surface area (Å²) in [5, 5.41) is 2.70. The van der Waals surface area contributed by atoms with Crippen LogP contribution in [0.1, 0.15) is 35.2 Å². The number of halogens is 1. The molecule has 1 heterocycles. The van der Waals surface area contributed by atoms with Crippen molar-refractivity contribution >= 4 is 11.8 Å². The zero-order chi connectivity index (χ0) is 14.5. The van der Waals surface area contributed by atoms with Crippen LogP contribution in [0, 0.1) is 12.7 Å². The lowest BCUT2D eigenvalue weighted by Gasteiger charge is -2.15. The maximum atomic E-state index is 13.0. The topological polar surface area (TPSA) is 49.4 Å². The van der Waals surface area contributed by atoms with Gasteiger partial charge in [-0.3, -0.25) is 9.59 Å². The van der Waals surface area contributed by atoms with Crippen LogP contribution < -0.4 is 5.32 Å². The van der Waals surface area contributed by atoms with Gasteiger partial charge in [-0.05, 0) is 43.5 Å². The molecule has 2 rings (SSSR count). The molecular weight excluding hydrogens is 259 g/mol. The molecule has 4 nitrogen and oxygen atoms in total. The Morgan fingerprint density at radius 1 is 1.30 bits per heavy atom. The molecule has 0 spiro atoms. The number of hydrogen-bond donors (Lipinski definition) is 1. The SMILES string of the molecule is Cc1cc(F)ccc1C(=O)NCCC(=O)N1CCCC1. The number of aryl methyl sites for hydroxylation is 1. The van der Waals surface area contributed by atoms with Gasteiger partial charge in [0.05, 0.1) is 0 Å². The fourth-order valence-corrected chi connectivity index (χ4v) is 2.38. The number of benzene rings is 1. The lowest BCUT2D eigenvalue weighted by molar-refractivity contribution is -0.129. The Hall–Kier alpha value is -1.91. The zero-order valence-electron chi connectivity index (χ0n) is 11.6. The minimum Gasteiger partial charge on any atom is -0.352 e. The van der Waals surface area contributed by atoms with Crippen molar-refractivity contribution in [3.8, 4) is 0 Å². The van der Waals surface area contributed by atoms with Gasteiger partial charge in [0.25, 0.3) is 5.91 Å². The molecule has 1 N–H and O–H groups in total. The van der Waals surface area contributed by atoms with Crippen LogP contribution in [0.4, 0.5) is 4.39 Å². The molecule has 1 saturated heterocycles. The summed E-state index contributed by atoms with van der Waals surface area (Å²) < 4.78 is 13.0. The molecule has 0 atom stereocenters. The molecule has 1 aliphatic rings. The fourth-order valence-electron chi connectivity index (χ4n) is 2.38. The third-order valence-corrected chi connectivity index (χ3v) is 3.52. The van der Waals surface area contributed by atoms with E-state index in [9.17, 15) is 14.0 Å². The van der Waals surface area contributed by atoms with Crippen LogP contribution in [0.3, 0.4) is 0 Å². The van der Waals surface area contributed by atoms with Crippen molar-refractivity contribution in [3.05, 3.63) is 35.1 Å². The zero-order valence-corrected chi connectivity index (χ0v) is 11.6. The average molecular weight is 278 g/mol. The fraction of sp³-hybridized carbons (Fsp3) is 0.467. The van der Waals surface area contributed by atoms with Gasteiger partial charge in [-0.25, -0.2) is 4.39 Å². The molecule has 1 aromatic rings. The van der Waals surface area contributed by atoms with E-state index in [1.54, 1.807) is 6.92 Å². The van der Waals surface area contributed by atoms with Crippen LogP contribution in [0.5, 0.6) is 0 Å². The third kappa shape index (κ3) is 3.56. The Morgan fingerprint density at radius 3 is 2.65 bits per heavy atom. The molecule has 108 valence electrons. The smallest absolute Gasteiger partial charge is 0.251 e. The van der Waals surface area contributed by atoms with Gasteiger partial charge in [-0.1, -0.05) is 0 Å². The number of rotatable bonds is 4. The van der Waals surface area contributed by atoms with Crippen LogP contribution in [0.2, 0.25) is 0 Å². The number of amides is 2. The minimum absolute atomic E-state index is 0.0821. The number of carbonyl (C=O) groups excluding carboxylic acids is 2. The Bertz CT molecular complexity index is 511. The average Bonchev–Trinajstić information content (AvgIpc) is 2.92. The van der Waals surface area contributed by atoms with E-state index < -0.39 is 0 Å². The quantitative estimate of drug-likeness (QED) is 0.914. The highest BCUT2D eigenvalue weighted by Gasteiger charge is 2.17. The highest BCUT2D eigenvalue weighted by atomic mass is 19.1. The first kappa shape index (κ1) is 14.5. The number of nitrogens with zero attached hydrogens (tertiary/aromatic N) is 1. The van der Waals surface area contributed by atoms with Crippen molar-refractivity contribution in [2.24, 2.45) is 0 Å². The highest BCUT2D eigenvalue weighted by molar-refractivity contribution is 5.95. The van der Waals surface area contributed by atoms with Gasteiger partial charge in [0.15, 0.2) is 0 Å². The molecular formula is C15H19FN2O2. The molecule has 1 fully saturated rings. The van der Waals surface area contributed by atoms with E-state index in [0.29, 0.717) is 24.1 Å². The Balaban J connectivity index is 1.81. The van der Waals surface area contributed by atoms with Gasteiger partial charge >= 0.3 is 0 Å². The van der Waals surface area contributed by atoms with Crippen molar-refractivity contribution in [2.75, 3.05) is 19.6 Å². The van der Waals surface area contributed by atoms with E-state index in [1.807, 2.05) is 4.90 Å². The Labute approximate surface area is 118 Å². The van der Waals surface area contributed by atoms with Crippen LogP contribution >= 0.6 is 0 Å². The molecule has 0 unspecified atom stereocenters. The summed E-state index contributed by atoms with van der Waals surface area (Å²) in [5.74, 6) is -0.543. The third-order valence-electron chi connectivity index (χ3n) is 3.52. The van der Waals surface area contributed by atoms with Crippen molar-refractivity contribution in [1.82, 2.24) is 10.2 Å². The Morgan fingerprint density at radius 2 is 2.00 bits per heavy atom. The summed E-state index contributed by atoms with van der Waals surface area (Å²) in [4.78, 5) is 25.5. The molecule has 0 aromatic heterocycles. The van der Waals surface area contributed by atoms with Gasteiger partial charge in [0.1, 0.15) is 5.82 Å². The van der Waals surface area contributed by atoms with Crippen molar-refractivity contribution in [2.45, 2.75) is 26.2 Å². The van der Waals surface area contributed by atoms with Gasteiger partial charge in [0, 0.05) is 31.6 Å². The predicted octanol–water partition coefficient (Wildman–Crippen LogP) is 1.88. The maximum absolute atomic E-state index is 13.0. The van der Waals surface area contributed by atoms with E-state index in [4.69, 9.17) is 0 Å². The van der Waals surface area contributed by atoms with E-state index in [-0.39, 0.29) is 17.6 Å². The summed E-state index contributed by atoms with van der Waals surface area (Å²) >= 11 is 0. The first-order chi connectivity index (χ1) is 9.58. The van der Waals surface area contributed by atoms with Crippen LogP contribution in [0.25, 0.3) is 0 Å². The predicted molar refractivity (Wildman–Crippen MR) is 73.9 cm³/mol. The Kier molecular flexibility index (Phi) is 4.71. The first-order valence-electron chi connectivity index (χ1n) is 6.90. The standard InChI is InChI=1S/C15H19FN2O2/c1-11-10-12(16)4-5-13(11)15(20)17-7-6-14(19)18-8-2-3-9-18/h4-5,10H,2-3,6-9H2,1H3,(H,17,20). The second-order valence-electron chi connectivity index (χ2n) is 5.05. The first-order valence-corrected chi connectivity index (χ1v) is 6.90. The molecule has 1 aliphatic heterocycles. The highest BCUT2D eigenvalue weighted by Crippen LogP contribution is 2.10. The molecule has 0 radical (unpaired) electrons. The monoisotopic (exact) mass is 278 g/mol. The molecule has 2 amide bonds. The maximum Gasteiger partial charge on any atom is 0.251 e. The van der Waals surface area contributed by atoms with E-state index in [0.717, 1.165) is 25.9 Å². The van der Waals surface area contributed by atoms with Crippen LogP contribution in [-0.4, -0.2) is 36.3 Å². The van der Waals surface area contributed by atoms with Gasteiger partial charge in [-0.15, -0.1) is 0 Å². The van der Waals surface area contributed by atoms with Crippen LogP contribution in [0.15, 0.2) is 18.2 Å². The van der Waals surface area contributed by atoms with Gasteiger partial charge in [0.2, 0.25) is 5.91 Å². The molecule has 20 heavy (non-hydrogen) atoms. The minimum atomic E-state index is -0.358. The van der Waals surface area contributed by atoms with Gasteiger partial charge in [-0.2, -0.15) is 0 Å². The number of likely N-dealkylation sites (tertiary alicyclic amines) is 1.